The molecule has 4 rings (SSSR count). The maximum atomic E-state index is 12.1. The fraction of sp³-hybridized carbons (Fsp3) is 0.167. The molecule has 1 aliphatic heterocycles. The fourth-order valence-electron chi connectivity index (χ4n) is 3.34. The van der Waals surface area contributed by atoms with Gasteiger partial charge in [0.25, 0.3) is 0 Å². The predicted octanol–water partition coefficient (Wildman–Crippen LogP) is 5.40. The quantitative estimate of drug-likeness (QED) is 0.414. The van der Waals surface area contributed by atoms with Crippen LogP contribution in [0, 0.1) is 0 Å². The molecule has 0 aliphatic carbocycles. The van der Waals surface area contributed by atoms with Gasteiger partial charge < -0.3 is 10.1 Å². The van der Waals surface area contributed by atoms with Gasteiger partial charge in [0.1, 0.15) is 11.9 Å². The first-order valence-electron chi connectivity index (χ1n) is 9.61. The zero-order chi connectivity index (χ0) is 21.1. The molecular formula is C24H20ClNO3S. The molecule has 30 heavy (non-hydrogen) atoms. The van der Waals surface area contributed by atoms with E-state index < -0.39 is 0 Å². The summed E-state index contributed by atoms with van der Waals surface area (Å²) in [6.07, 6.45) is 3.79. The van der Waals surface area contributed by atoms with Gasteiger partial charge in [0.2, 0.25) is 5.91 Å². The first-order valence-corrected chi connectivity index (χ1v) is 10.8. The Hall–Kier alpha value is -2.89. The molecule has 0 radical (unpaired) electrons. The lowest BCUT2D eigenvalue weighted by Crippen LogP contribution is -2.33. The van der Waals surface area contributed by atoms with Crippen molar-refractivity contribution in [1.29, 1.82) is 0 Å². The van der Waals surface area contributed by atoms with Crippen LogP contribution in [0.4, 0.5) is 0 Å². The van der Waals surface area contributed by atoms with E-state index in [2.05, 4.69) is 5.32 Å². The van der Waals surface area contributed by atoms with Crippen molar-refractivity contribution in [2.24, 2.45) is 0 Å². The van der Waals surface area contributed by atoms with E-state index in [9.17, 15) is 9.59 Å². The molecule has 3 aromatic rings. The van der Waals surface area contributed by atoms with Crippen molar-refractivity contribution < 1.29 is 14.3 Å². The Balaban J connectivity index is 1.39. The van der Waals surface area contributed by atoms with Crippen LogP contribution in [0.5, 0.6) is 5.75 Å². The number of fused-ring (bicyclic) bond motifs is 1. The minimum absolute atomic E-state index is 0.0546. The van der Waals surface area contributed by atoms with Crippen molar-refractivity contribution in [2.75, 3.05) is 6.54 Å². The molecule has 1 N–H and O–H groups in total. The van der Waals surface area contributed by atoms with Gasteiger partial charge in [-0.05, 0) is 48.4 Å². The molecule has 2 aromatic carbocycles. The first-order chi connectivity index (χ1) is 14.5. The van der Waals surface area contributed by atoms with Gasteiger partial charge >= 0.3 is 0 Å². The standard InChI is InChI=1S/C24H20ClNO3S/c1-15(27)21-8-9-22(30-21)17-11-18-12-19(29-24(18)20(25)13-17)14-26-23(28)10-7-16-5-3-2-4-6-16/h2-11,13,19H,12,14H2,1H3,(H,26,28). The van der Waals surface area contributed by atoms with Crippen LogP contribution in [0.15, 0.2) is 60.7 Å². The number of rotatable bonds is 6. The van der Waals surface area contributed by atoms with Crippen LogP contribution in [0.2, 0.25) is 5.02 Å². The summed E-state index contributed by atoms with van der Waals surface area (Å²) in [5.74, 6) is 0.558. The smallest absolute Gasteiger partial charge is 0.244 e. The Morgan fingerprint density at radius 2 is 2.00 bits per heavy atom. The van der Waals surface area contributed by atoms with E-state index in [0.717, 1.165) is 26.4 Å². The zero-order valence-corrected chi connectivity index (χ0v) is 17.9. The molecule has 6 heteroatoms. The number of hydrogen-bond acceptors (Lipinski definition) is 4. The van der Waals surface area contributed by atoms with Gasteiger partial charge in [-0.25, -0.2) is 0 Å². The minimum Gasteiger partial charge on any atom is -0.486 e. The number of amides is 1. The summed E-state index contributed by atoms with van der Waals surface area (Å²) in [4.78, 5) is 25.4. The van der Waals surface area contributed by atoms with Gasteiger partial charge in [0.15, 0.2) is 5.78 Å². The number of ether oxygens (including phenoxy) is 1. The van der Waals surface area contributed by atoms with Crippen molar-refractivity contribution in [3.05, 3.63) is 81.7 Å². The highest BCUT2D eigenvalue weighted by atomic mass is 35.5. The molecule has 1 aromatic heterocycles. The molecule has 1 unspecified atom stereocenters. The highest BCUT2D eigenvalue weighted by Gasteiger charge is 2.26. The molecule has 152 valence electrons. The average molecular weight is 438 g/mol. The SMILES string of the molecule is CC(=O)c1ccc(-c2cc(Cl)c3c(c2)CC(CNC(=O)C=Cc2ccccc2)O3)s1. The number of ketones is 1. The van der Waals surface area contributed by atoms with E-state index in [1.807, 2.05) is 54.6 Å². The van der Waals surface area contributed by atoms with Crippen molar-refractivity contribution in [3.8, 4) is 16.2 Å². The Morgan fingerprint density at radius 3 is 2.73 bits per heavy atom. The van der Waals surface area contributed by atoms with E-state index in [1.165, 1.54) is 17.4 Å². The normalized spacial score (nSPS) is 15.1. The van der Waals surface area contributed by atoms with Crippen LogP contribution in [0.3, 0.4) is 0 Å². The lowest BCUT2D eigenvalue weighted by atomic mass is 10.1. The van der Waals surface area contributed by atoms with Gasteiger partial charge in [0, 0.05) is 22.9 Å². The monoisotopic (exact) mass is 437 g/mol. The Kier molecular flexibility index (Phi) is 6.02. The van der Waals surface area contributed by atoms with Crippen LogP contribution >= 0.6 is 22.9 Å². The highest BCUT2D eigenvalue weighted by Crippen LogP contribution is 2.41. The number of halogens is 1. The second-order valence-electron chi connectivity index (χ2n) is 7.10. The topological polar surface area (TPSA) is 55.4 Å². The number of carbonyl (C=O) groups excluding carboxylic acids is 2. The number of hydrogen-bond donors (Lipinski definition) is 1. The third-order valence-electron chi connectivity index (χ3n) is 4.82. The third-order valence-corrected chi connectivity index (χ3v) is 6.34. The van der Waals surface area contributed by atoms with E-state index >= 15 is 0 Å². The van der Waals surface area contributed by atoms with Crippen LogP contribution in [-0.4, -0.2) is 24.3 Å². The number of nitrogens with one attached hydrogen (secondary N) is 1. The molecule has 1 aliphatic rings. The second-order valence-corrected chi connectivity index (χ2v) is 8.59. The van der Waals surface area contributed by atoms with E-state index in [1.54, 1.807) is 13.0 Å². The Morgan fingerprint density at radius 1 is 1.20 bits per heavy atom. The van der Waals surface area contributed by atoms with Gasteiger partial charge in [-0.15, -0.1) is 11.3 Å². The van der Waals surface area contributed by atoms with E-state index in [0.29, 0.717) is 23.7 Å². The van der Waals surface area contributed by atoms with Crippen molar-refractivity contribution in [2.45, 2.75) is 19.4 Å². The van der Waals surface area contributed by atoms with Crippen LogP contribution in [0.25, 0.3) is 16.5 Å². The summed E-state index contributed by atoms with van der Waals surface area (Å²) in [7, 11) is 0. The number of benzene rings is 2. The molecule has 0 saturated carbocycles. The highest BCUT2D eigenvalue weighted by molar-refractivity contribution is 7.17. The van der Waals surface area contributed by atoms with Gasteiger partial charge in [-0.2, -0.15) is 0 Å². The summed E-state index contributed by atoms with van der Waals surface area (Å²) < 4.78 is 5.96. The summed E-state index contributed by atoms with van der Waals surface area (Å²) in [6.45, 7) is 1.96. The minimum atomic E-state index is -0.169. The maximum absolute atomic E-state index is 12.1. The summed E-state index contributed by atoms with van der Waals surface area (Å²) in [5, 5.41) is 3.42. The fourth-order valence-corrected chi connectivity index (χ4v) is 4.51. The number of Topliss-reactive ketones (excluding diaryl/α,β-unsaturated/α-hetero) is 1. The molecule has 1 amide bonds. The maximum Gasteiger partial charge on any atom is 0.244 e. The lowest BCUT2D eigenvalue weighted by molar-refractivity contribution is -0.116. The van der Waals surface area contributed by atoms with Crippen molar-refractivity contribution in [1.82, 2.24) is 5.32 Å². The van der Waals surface area contributed by atoms with E-state index in [4.69, 9.17) is 16.3 Å². The average Bonchev–Trinajstić information content (AvgIpc) is 3.39. The van der Waals surface area contributed by atoms with Gasteiger partial charge in [-0.3, -0.25) is 9.59 Å². The Labute approximate surface area is 184 Å². The second kappa shape index (κ2) is 8.86. The summed E-state index contributed by atoms with van der Waals surface area (Å²) >= 11 is 7.91. The molecule has 1 atom stereocenters. The molecule has 0 fully saturated rings. The van der Waals surface area contributed by atoms with E-state index in [-0.39, 0.29) is 17.8 Å². The third kappa shape index (κ3) is 4.64. The largest absolute Gasteiger partial charge is 0.486 e. The molecule has 4 nitrogen and oxygen atoms in total. The van der Waals surface area contributed by atoms with Crippen molar-refractivity contribution >= 4 is 40.7 Å². The molecule has 2 heterocycles. The van der Waals surface area contributed by atoms with Gasteiger partial charge in [0.05, 0.1) is 16.4 Å². The number of carbonyl (C=O) groups is 2. The molecular weight excluding hydrogens is 418 g/mol. The predicted molar refractivity (Wildman–Crippen MR) is 121 cm³/mol. The summed E-state index contributed by atoms with van der Waals surface area (Å²) in [5.41, 5.74) is 2.95. The Bertz CT molecular complexity index is 1120. The lowest BCUT2D eigenvalue weighted by Gasteiger charge is -2.11. The molecule has 0 bridgehead atoms. The molecule has 0 saturated heterocycles. The summed E-state index contributed by atoms with van der Waals surface area (Å²) in [6, 6.07) is 17.3. The number of thiophene rings is 1. The van der Waals surface area contributed by atoms with Crippen LogP contribution < -0.4 is 10.1 Å². The molecule has 0 spiro atoms. The van der Waals surface area contributed by atoms with Crippen LogP contribution in [-0.2, 0) is 11.2 Å². The first kappa shape index (κ1) is 20.4. The van der Waals surface area contributed by atoms with Crippen LogP contribution in [0.1, 0.15) is 27.7 Å². The zero-order valence-electron chi connectivity index (χ0n) is 16.4. The van der Waals surface area contributed by atoms with Crippen molar-refractivity contribution in [3.63, 3.8) is 0 Å². The van der Waals surface area contributed by atoms with Gasteiger partial charge in [-0.1, -0.05) is 41.9 Å².